The van der Waals surface area contributed by atoms with Crippen molar-refractivity contribution >= 4 is 34.0 Å². The van der Waals surface area contributed by atoms with E-state index in [1.54, 1.807) is 28.0 Å². The Morgan fingerprint density at radius 1 is 1.23 bits per heavy atom. The third kappa shape index (κ3) is 3.21. The van der Waals surface area contributed by atoms with E-state index in [0.717, 1.165) is 4.88 Å². The highest BCUT2D eigenvalue weighted by atomic mass is 32.2. The van der Waals surface area contributed by atoms with Crippen molar-refractivity contribution in [3.8, 4) is 10.7 Å². The summed E-state index contributed by atoms with van der Waals surface area (Å²) in [6.07, 6.45) is 1.68. The average Bonchev–Trinajstić information content (AvgIpc) is 3.34. The molecule has 6 nitrogen and oxygen atoms in total. The number of fused-ring (bicyclic) bond motifs is 1. The summed E-state index contributed by atoms with van der Waals surface area (Å²) in [5.41, 5.74) is 0.591. The van der Waals surface area contributed by atoms with Crippen molar-refractivity contribution < 1.29 is 4.52 Å². The monoisotopic (exact) mass is 382 g/mol. The first-order valence-corrected chi connectivity index (χ1v) is 9.72. The zero-order chi connectivity index (χ0) is 17.9. The molecule has 3 heterocycles. The number of thioether (sulfide) groups is 1. The topological polar surface area (TPSA) is 73.8 Å². The molecule has 4 rings (SSSR count). The smallest absolute Gasteiger partial charge is 0.262 e. The lowest BCUT2D eigenvalue weighted by Gasteiger charge is -2.10. The third-order valence-electron chi connectivity index (χ3n) is 3.67. The molecule has 3 aromatic heterocycles. The van der Waals surface area contributed by atoms with Crippen LogP contribution in [0.1, 0.15) is 5.89 Å². The lowest BCUT2D eigenvalue weighted by Crippen LogP contribution is -2.22. The number of thiophene rings is 1. The van der Waals surface area contributed by atoms with Gasteiger partial charge in [0.05, 0.1) is 21.5 Å². The van der Waals surface area contributed by atoms with Crippen LogP contribution in [0, 0.1) is 0 Å². The molecule has 0 atom stereocenters. The summed E-state index contributed by atoms with van der Waals surface area (Å²) >= 11 is 2.95. The molecule has 0 aliphatic carbocycles. The van der Waals surface area contributed by atoms with E-state index in [2.05, 4.69) is 21.7 Å². The van der Waals surface area contributed by atoms with Crippen LogP contribution in [0.4, 0.5) is 0 Å². The van der Waals surface area contributed by atoms with Gasteiger partial charge >= 0.3 is 0 Å². The van der Waals surface area contributed by atoms with Gasteiger partial charge < -0.3 is 4.52 Å². The quantitative estimate of drug-likeness (QED) is 0.285. The van der Waals surface area contributed by atoms with Gasteiger partial charge in [0.1, 0.15) is 0 Å². The van der Waals surface area contributed by atoms with E-state index in [1.807, 2.05) is 35.7 Å². The van der Waals surface area contributed by atoms with Gasteiger partial charge in [-0.2, -0.15) is 4.98 Å². The highest BCUT2D eigenvalue weighted by Crippen LogP contribution is 2.25. The Balaban J connectivity index is 1.63. The Bertz CT molecular complexity index is 1120. The van der Waals surface area contributed by atoms with Crippen molar-refractivity contribution in [2.45, 2.75) is 17.5 Å². The highest BCUT2D eigenvalue weighted by Gasteiger charge is 2.14. The summed E-state index contributed by atoms with van der Waals surface area (Å²) in [7, 11) is 0. The first-order valence-electron chi connectivity index (χ1n) is 7.86. The van der Waals surface area contributed by atoms with E-state index >= 15 is 0 Å². The fraction of sp³-hybridized carbons (Fsp3) is 0.111. The molecule has 0 saturated heterocycles. The summed E-state index contributed by atoms with van der Waals surface area (Å²) in [5.74, 6) is 1.50. The van der Waals surface area contributed by atoms with Crippen molar-refractivity contribution in [2.24, 2.45) is 0 Å². The summed E-state index contributed by atoms with van der Waals surface area (Å²) in [6.45, 7) is 4.12. The second-order valence-corrected chi connectivity index (χ2v) is 7.28. The second-order valence-electron chi connectivity index (χ2n) is 5.39. The van der Waals surface area contributed by atoms with Crippen LogP contribution in [0.3, 0.4) is 0 Å². The Labute approximate surface area is 157 Å². The van der Waals surface area contributed by atoms with Gasteiger partial charge in [-0.05, 0) is 23.6 Å². The van der Waals surface area contributed by atoms with Crippen molar-refractivity contribution in [2.75, 3.05) is 0 Å². The molecule has 0 unspecified atom stereocenters. The molecule has 130 valence electrons. The Morgan fingerprint density at radius 3 is 2.92 bits per heavy atom. The molecule has 4 aromatic rings. The lowest BCUT2D eigenvalue weighted by atomic mass is 10.2. The van der Waals surface area contributed by atoms with E-state index in [0.29, 0.717) is 40.1 Å². The van der Waals surface area contributed by atoms with Crippen molar-refractivity contribution in [1.82, 2.24) is 19.7 Å². The average molecular weight is 382 g/mol. The Morgan fingerprint density at radius 2 is 2.12 bits per heavy atom. The molecule has 0 radical (unpaired) electrons. The minimum absolute atomic E-state index is 0.0807. The molecule has 0 aliphatic heterocycles. The predicted octanol–water partition coefficient (Wildman–Crippen LogP) is 3.99. The minimum atomic E-state index is -0.0807. The summed E-state index contributed by atoms with van der Waals surface area (Å²) in [6, 6.07) is 11.2. The van der Waals surface area contributed by atoms with E-state index in [4.69, 9.17) is 4.52 Å². The molecule has 8 heteroatoms. The number of para-hydroxylation sites is 1. The number of hydrogen-bond donors (Lipinski definition) is 0. The fourth-order valence-electron chi connectivity index (χ4n) is 2.49. The molecule has 0 spiro atoms. The van der Waals surface area contributed by atoms with Crippen LogP contribution in [-0.4, -0.2) is 19.7 Å². The summed E-state index contributed by atoms with van der Waals surface area (Å²) in [5, 5.41) is 7.16. The number of aromatic nitrogens is 4. The summed E-state index contributed by atoms with van der Waals surface area (Å²) in [4.78, 5) is 22.7. The van der Waals surface area contributed by atoms with Gasteiger partial charge in [-0.3, -0.25) is 9.36 Å². The van der Waals surface area contributed by atoms with Crippen LogP contribution in [0.25, 0.3) is 21.6 Å². The normalized spacial score (nSPS) is 11.1. The number of nitrogens with zero attached hydrogens (tertiary/aromatic N) is 4. The standard InChI is InChI=1S/C18H14N4O2S2/c1-2-9-22-17(23)12-6-3-4-7-13(12)19-18(22)26-11-15-20-16(21-24-15)14-8-5-10-25-14/h2-8,10H,1,9,11H2. The molecule has 0 aliphatic rings. The molecule has 0 saturated carbocycles. The fourth-order valence-corrected chi connectivity index (χ4v) is 3.99. The third-order valence-corrected chi connectivity index (χ3v) is 5.50. The zero-order valence-corrected chi connectivity index (χ0v) is 15.3. The van der Waals surface area contributed by atoms with Gasteiger partial charge in [-0.25, -0.2) is 4.98 Å². The van der Waals surface area contributed by atoms with E-state index in [1.165, 1.54) is 11.8 Å². The largest absolute Gasteiger partial charge is 0.338 e. The van der Waals surface area contributed by atoms with Crippen LogP contribution in [0.2, 0.25) is 0 Å². The summed E-state index contributed by atoms with van der Waals surface area (Å²) < 4.78 is 6.92. The van der Waals surface area contributed by atoms with E-state index in [9.17, 15) is 4.79 Å². The SMILES string of the molecule is C=CCn1c(SCc2nc(-c3cccs3)no2)nc2ccccc2c1=O. The number of benzene rings is 1. The first kappa shape index (κ1) is 16.7. The molecule has 1 aromatic carbocycles. The van der Waals surface area contributed by atoms with Crippen molar-refractivity contribution in [1.29, 1.82) is 0 Å². The molecular weight excluding hydrogens is 368 g/mol. The predicted molar refractivity (Wildman–Crippen MR) is 103 cm³/mol. The number of allylic oxidation sites excluding steroid dienone is 1. The van der Waals surface area contributed by atoms with Crippen LogP contribution < -0.4 is 5.56 Å². The van der Waals surface area contributed by atoms with E-state index < -0.39 is 0 Å². The molecule has 0 bridgehead atoms. The lowest BCUT2D eigenvalue weighted by molar-refractivity contribution is 0.391. The highest BCUT2D eigenvalue weighted by molar-refractivity contribution is 7.98. The van der Waals surface area contributed by atoms with Gasteiger partial charge in [-0.15, -0.1) is 17.9 Å². The first-order chi connectivity index (χ1) is 12.8. The molecule has 0 N–H and O–H groups in total. The maximum atomic E-state index is 12.7. The van der Waals surface area contributed by atoms with Gasteiger partial charge in [0, 0.05) is 6.54 Å². The van der Waals surface area contributed by atoms with Crippen molar-refractivity contribution in [3.63, 3.8) is 0 Å². The molecule has 26 heavy (non-hydrogen) atoms. The number of rotatable bonds is 6. The maximum Gasteiger partial charge on any atom is 0.262 e. The second kappa shape index (κ2) is 7.27. The van der Waals surface area contributed by atoms with Crippen LogP contribution in [0.15, 0.2) is 68.9 Å². The zero-order valence-electron chi connectivity index (χ0n) is 13.7. The molecular formula is C18H14N4O2S2. The van der Waals surface area contributed by atoms with Gasteiger partial charge in [0.15, 0.2) is 5.16 Å². The molecule has 0 fully saturated rings. The number of hydrogen-bond acceptors (Lipinski definition) is 7. The van der Waals surface area contributed by atoms with Crippen LogP contribution >= 0.6 is 23.1 Å². The van der Waals surface area contributed by atoms with Crippen LogP contribution in [0.5, 0.6) is 0 Å². The van der Waals surface area contributed by atoms with Gasteiger partial charge in [-0.1, -0.05) is 41.2 Å². The Kier molecular flexibility index (Phi) is 4.68. The van der Waals surface area contributed by atoms with Crippen LogP contribution in [-0.2, 0) is 12.3 Å². The van der Waals surface area contributed by atoms with Gasteiger partial charge in [0.2, 0.25) is 11.7 Å². The molecule has 0 amide bonds. The van der Waals surface area contributed by atoms with Crippen molar-refractivity contribution in [3.05, 3.63) is 70.7 Å². The minimum Gasteiger partial charge on any atom is -0.338 e. The van der Waals surface area contributed by atoms with Gasteiger partial charge in [0.25, 0.3) is 5.56 Å². The maximum absolute atomic E-state index is 12.7. The van der Waals surface area contributed by atoms with E-state index in [-0.39, 0.29) is 5.56 Å². The Hall–Kier alpha value is -2.71.